The van der Waals surface area contributed by atoms with Crippen molar-refractivity contribution in [1.29, 1.82) is 0 Å². The predicted molar refractivity (Wildman–Crippen MR) is 84.2 cm³/mol. The monoisotopic (exact) mass is 255 g/mol. The minimum absolute atomic E-state index is 0.721. The van der Waals surface area contributed by atoms with Crippen LogP contribution in [-0.4, -0.2) is 12.6 Å². The Bertz CT molecular complexity index is 145. The van der Waals surface area contributed by atoms with Gasteiger partial charge in [-0.05, 0) is 26.3 Å². The van der Waals surface area contributed by atoms with Crippen molar-refractivity contribution >= 4 is 0 Å². The molecule has 0 rings (SSSR count). The van der Waals surface area contributed by atoms with Crippen molar-refractivity contribution in [3.05, 3.63) is 0 Å². The van der Waals surface area contributed by atoms with Crippen molar-refractivity contribution < 1.29 is 0 Å². The van der Waals surface area contributed by atoms with E-state index in [2.05, 4.69) is 26.1 Å². The molecule has 0 aliphatic heterocycles. The molecule has 0 aromatic heterocycles. The Morgan fingerprint density at radius 1 is 0.667 bits per heavy atom. The van der Waals surface area contributed by atoms with Gasteiger partial charge < -0.3 is 5.32 Å². The molecule has 0 aliphatic carbocycles. The van der Waals surface area contributed by atoms with Crippen LogP contribution in [0.5, 0.6) is 0 Å². The smallest absolute Gasteiger partial charge is 0.00387 e. The topological polar surface area (TPSA) is 12.0 Å². The van der Waals surface area contributed by atoms with Crippen molar-refractivity contribution in [2.45, 2.75) is 104 Å². The van der Waals surface area contributed by atoms with Crippen molar-refractivity contribution in [3.63, 3.8) is 0 Å². The summed E-state index contributed by atoms with van der Waals surface area (Å²) in [5, 5.41) is 3.56. The Morgan fingerprint density at radius 3 is 1.67 bits per heavy atom. The van der Waals surface area contributed by atoms with Crippen molar-refractivity contribution in [2.24, 2.45) is 0 Å². The first-order chi connectivity index (χ1) is 8.81. The maximum absolute atomic E-state index is 3.56. The minimum Gasteiger partial charge on any atom is -0.314 e. The summed E-state index contributed by atoms with van der Waals surface area (Å²) in [7, 11) is 0. The number of hydrogen-bond donors (Lipinski definition) is 1. The van der Waals surface area contributed by atoms with Gasteiger partial charge in [-0.1, -0.05) is 78.1 Å². The molecule has 0 aromatic rings. The van der Waals surface area contributed by atoms with Crippen LogP contribution in [0, 0.1) is 0 Å². The first kappa shape index (κ1) is 18.0. The number of hydrogen-bond acceptors (Lipinski definition) is 1. The highest BCUT2D eigenvalue weighted by Gasteiger charge is 1.99. The van der Waals surface area contributed by atoms with Crippen LogP contribution in [0.25, 0.3) is 0 Å². The van der Waals surface area contributed by atoms with E-state index in [9.17, 15) is 0 Å². The van der Waals surface area contributed by atoms with E-state index in [0.717, 1.165) is 6.04 Å². The third kappa shape index (κ3) is 14.0. The summed E-state index contributed by atoms with van der Waals surface area (Å²) in [5.41, 5.74) is 0. The van der Waals surface area contributed by atoms with Gasteiger partial charge in [0.2, 0.25) is 0 Å². The van der Waals surface area contributed by atoms with Gasteiger partial charge >= 0.3 is 0 Å². The summed E-state index contributed by atoms with van der Waals surface area (Å²) >= 11 is 0. The first-order valence-electron chi connectivity index (χ1n) is 8.54. The molecule has 1 nitrogen and oxygen atoms in total. The lowest BCUT2D eigenvalue weighted by Crippen LogP contribution is -2.26. The number of nitrogens with one attached hydrogen (secondary N) is 1. The maximum Gasteiger partial charge on any atom is 0.00387 e. The summed E-state index contributed by atoms with van der Waals surface area (Å²) in [6.45, 7) is 8.03. The summed E-state index contributed by atoms with van der Waals surface area (Å²) in [6, 6.07) is 0.721. The fraction of sp³-hybridized carbons (Fsp3) is 1.00. The van der Waals surface area contributed by atoms with E-state index in [1.807, 2.05) is 0 Å². The highest BCUT2D eigenvalue weighted by Crippen LogP contribution is 2.11. The molecule has 0 fully saturated rings. The number of rotatable bonds is 14. The van der Waals surface area contributed by atoms with Crippen LogP contribution in [0.3, 0.4) is 0 Å². The molecule has 1 atom stereocenters. The molecule has 0 heterocycles. The van der Waals surface area contributed by atoms with Gasteiger partial charge in [0, 0.05) is 6.04 Å². The summed E-state index contributed by atoms with van der Waals surface area (Å²) in [6.07, 6.45) is 17.0. The normalized spacial score (nSPS) is 12.8. The highest BCUT2D eigenvalue weighted by molar-refractivity contribution is 4.60. The zero-order valence-electron chi connectivity index (χ0n) is 13.3. The van der Waals surface area contributed by atoms with Crippen LogP contribution >= 0.6 is 0 Å². The third-order valence-electron chi connectivity index (χ3n) is 3.73. The van der Waals surface area contributed by atoms with Crippen LogP contribution in [0.1, 0.15) is 97.8 Å². The molecule has 18 heavy (non-hydrogen) atoms. The Balaban J connectivity index is 3.02. The molecule has 0 saturated carbocycles. The Morgan fingerprint density at radius 2 is 1.17 bits per heavy atom. The zero-order chi connectivity index (χ0) is 13.5. The molecule has 1 N–H and O–H groups in total. The average molecular weight is 255 g/mol. The van der Waals surface area contributed by atoms with E-state index in [4.69, 9.17) is 0 Å². The lowest BCUT2D eigenvalue weighted by Gasteiger charge is -2.12. The Kier molecular flexibility index (Phi) is 15.0. The SMILES string of the molecule is CCCCCCCCCCCCC(C)NCCC. The highest BCUT2D eigenvalue weighted by atomic mass is 14.9. The molecule has 0 amide bonds. The van der Waals surface area contributed by atoms with E-state index in [-0.39, 0.29) is 0 Å². The van der Waals surface area contributed by atoms with Gasteiger partial charge in [-0.3, -0.25) is 0 Å². The van der Waals surface area contributed by atoms with Crippen molar-refractivity contribution in [1.82, 2.24) is 5.32 Å². The lowest BCUT2D eigenvalue weighted by atomic mass is 10.0. The van der Waals surface area contributed by atoms with Crippen LogP contribution in [0.4, 0.5) is 0 Å². The fourth-order valence-electron chi connectivity index (χ4n) is 2.43. The van der Waals surface area contributed by atoms with Gasteiger partial charge in [-0.25, -0.2) is 0 Å². The van der Waals surface area contributed by atoms with Gasteiger partial charge in [0.1, 0.15) is 0 Å². The van der Waals surface area contributed by atoms with E-state index in [1.165, 1.54) is 83.6 Å². The standard InChI is InChI=1S/C17H37N/c1-4-6-7-8-9-10-11-12-13-14-15-17(3)18-16-5-2/h17-18H,4-16H2,1-3H3. The molecule has 0 spiro atoms. The van der Waals surface area contributed by atoms with Gasteiger partial charge in [0.15, 0.2) is 0 Å². The van der Waals surface area contributed by atoms with Gasteiger partial charge in [-0.2, -0.15) is 0 Å². The summed E-state index contributed by atoms with van der Waals surface area (Å²) in [5.74, 6) is 0. The van der Waals surface area contributed by atoms with Crippen LogP contribution in [0.15, 0.2) is 0 Å². The molecule has 1 heteroatoms. The second kappa shape index (κ2) is 15.0. The summed E-state index contributed by atoms with van der Waals surface area (Å²) < 4.78 is 0. The predicted octanol–water partition coefficient (Wildman–Crippen LogP) is 5.69. The second-order valence-corrected chi connectivity index (χ2v) is 5.83. The quantitative estimate of drug-likeness (QED) is 0.393. The van der Waals surface area contributed by atoms with Crippen molar-refractivity contribution in [3.8, 4) is 0 Å². The molecule has 1 unspecified atom stereocenters. The maximum atomic E-state index is 3.56. The van der Waals surface area contributed by atoms with E-state index in [0.29, 0.717) is 0 Å². The molecule has 0 radical (unpaired) electrons. The fourth-order valence-corrected chi connectivity index (χ4v) is 2.43. The molecular weight excluding hydrogens is 218 g/mol. The average Bonchev–Trinajstić information content (AvgIpc) is 2.38. The molecular formula is C17H37N. The molecule has 110 valence electrons. The zero-order valence-corrected chi connectivity index (χ0v) is 13.3. The largest absolute Gasteiger partial charge is 0.314 e. The van der Waals surface area contributed by atoms with E-state index < -0.39 is 0 Å². The molecule has 0 aromatic carbocycles. The number of unbranched alkanes of at least 4 members (excludes halogenated alkanes) is 9. The van der Waals surface area contributed by atoms with Crippen LogP contribution in [0.2, 0.25) is 0 Å². The lowest BCUT2D eigenvalue weighted by molar-refractivity contribution is 0.476. The summed E-state index contributed by atoms with van der Waals surface area (Å²) in [4.78, 5) is 0. The van der Waals surface area contributed by atoms with Crippen LogP contribution < -0.4 is 5.32 Å². The van der Waals surface area contributed by atoms with Gasteiger partial charge in [0.25, 0.3) is 0 Å². The Hall–Kier alpha value is -0.0400. The van der Waals surface area contributed by atoms with Crippen molar-refractivity contribution in [2.75, 3.05) is 6.54 Å². The molecule has 0 aliphatic rings. The van der Waals surface area contributed by atoms with Crippen LogP contribution in [-0.2, 0) is 0 Å². The van der Waals surface area contributed by atoms with Gasteiger partial charge in [-0.15, -0.1) is 0 Å². The second-order valence-electron chi connectivity index (χ2n) is 5.83. The minimum atomic E-state index is 0.721. The Labute approximate surface area is 116 Å². The van der Waals surface area contributed by atoms with Gasteiger partial charge in [0.05, 0.1) is 0 Å². The first-order valence-corrected chi connectivity index (χ1v) is 8.54. The third-order valence-corrected chi connectivity index (χ3v) is 3.73. The van der Waals surface area contributed by atoms with E-state index in [1.54, 1.807) is 0 Å². The van der Waals surface area contributed by atoms with E-state index >= 15 is 0 Å². The molecule has 0 bridgehead atoms. The molecule has 0 saturated heterocycles.